The summed E-state index contributed by atoms with van der Waals surface area (Å²) >= 11 is 5.15. The van der Waals surface area contributed by atoms with Crippen molar-refractivity contribution < 1.29 is 14.3 Å². The van der Waals surface area contributed by atoms with Crippen molar-refractivity contribution >= 4 is 35.0 Å². The summed E-state index contributed by atoms with van der Waals surface area (Å²) in [6, 6.07) is 14.8. The molecule has 5 nitrogen and oxygen atoms in total. The molecule has 6 heteroatoms. The number of hydrogen-bond acceptors (Lipinski definition) is 4. The maximum absolute atomic E-state index is 12.0. The Morgan fingerprint density at radius 2 is 1.50 bits per heavy atom. The zero-order valence-corrected chi connectivity index (χ0v) is 15.6. The van der Waals surface area contributed by atoms with Gasteiger partial charge >= 0.3 is 0 Å². The molecule has 0 aliphatic carbocycles. The average molecular weight is 370 g/mol. The second-order valence-corrected chi connectivity index (χ2v) is 5.64. The second kappa shape index (κ2) is 10.2. The molecule has 136 valence electrons. The van der Waals surface area contributed by atoms with Crippen LogP contribution in [0.5, 0.6) is 11.5 Å². The maximum Gasteiger partial charge on any atom is 0.250 e. The number of anilines is 1. The van der Waals surface area contributed by atoms with Crippen molar-refractivity contribution in [2.24, 2.45) is 0 Å². The van der Waals surface area contributed by atoms with Crippen molar-refractivity contribution in [1.29, 1.82) is 0 Å². The molecule has 0 bridgehead atoms. The number of ether oxygens (including phenoxy) is 2. The lowest BCUT2D eigenvalue weighted by atomic mass is 10.2. The first-order valence-electron chi connectivity index (χ1n) is 8.36. The van der Waals surface area contributed by atoms with Gasteiger partial charge in [-0.05, 0) is 74.1 Å². The minimum atomic E-state index is -0.303. The molecule has 0 aliphatic rings. The molecule has 0 fully saturated rings. The van der Waals surface area contributed by atoms with Gasteiger partial charge in [-0.15, -0.1) is 0 Å². The lowest BCUT2D eigenvalue weighted by molar-refractivity contribution is -0.115. The van der Waals surface area contributed by atoms with Crippen molar-refractivity contribution in [3.05, 3.63) is 60.2 Å². The van der Waals surface area contributed by atoms with Gasteiger partial charge in [0.2, 0.25) is 5.91 Å². The number of rotatable bonds is 7. The smallest absolute Gasteiger partial charge is 0.250 e. The summed E-state index contributed by atoms with van der Waals surface area (Å²) < 4.78 is 10.8. The fraction of sp³-hybridized carbons (Fsp3) is 0.200. The zero-order chi connectivity index (χ0) is 18.8. The molecular formula is C20H22N2O3S. The number of thiocarbonyl (C=S) groups is 1. The van der Waals surface area contributed by atoms with E-state index in [1.165, 1.54) is 6.08 Å². The van der Waals surface area contributed by atoms with Crippen LogP contribution in [0.3, 0.4) is 0 Å². The van der Waals surface area contributed by atoms with Gasteiger partial charge in [0.1, 0.15) is 11.5 Å². The molecule has 2 N–H and O–H groups in total. The minimum Gasteiger partial charge on any atom is -0.494 e. The Balaban J connectivity index is 1.83. The molecule has 0 spiro atoms. The van der Waals surface area contributed by atoms with Gasteiger partial charge in [0.15, 0.2) is 5.11 Å². The monoisotopic (exact) mass is 370 g/mol. The second-order valence-electron chi connectivity index (χ2n) is 5.24. The molecule has 2 aromatic rings. The van der Waals surface area contributed by atoms with Gasteiger partial charge in [-0.1, -0.05) is 12.1 Å². The molecule has 0 saturated heterocycles. The predicted molar refractivity (Wildman–Crippen MR) is 109 cm³/mol. The van der Waals surface area contributed by atoms with E-state index < -0.39 is 0 Å². The average Bonchev–Trinajstić information content (AvgIpc) is 2.63. The van der Waals surface area contributed by atoms with Crippen LogP contribution in [0.25, 0.3) is 6.08 Å². The first-order chi connectivity index (χ1) is 12.6. The summed E-state index contributed by atoms with van der Waals surface area (Å²) in [7, 11) is 0. The van der Waals surface area contributed by atoms with Crippen LogP contribution in [0.1, 0.15) is 19.4 Å². The summed E-state index contributed by atoms with van der Waals surface area (Å²) in [5, 5.41) is 5.80. The summed E-state index contributed by atoms with van der Waals surface area (Å²) in [5.74, 6) is 1.28. The first-order valence-corrected chi connectivity index (χ1v) is 8.77. The molecule has 0 heterocycles. The van der Waals surface area contributed by atoms with Crippen LogP contribution in [0.15, 0.2) is 54.6 Å². The number of benzene rings is 2. The Labute approximate surface area is 159 Å². The van der Waals surface area contributed by atoms with Crippen LogP contribution in [0, 0.1) is 0 Å². The van der Waals surface area contributed by atoms with Crippen molar-refractivity contribution in [3.8, 4) is 11.5 Å². The van der Waals surface area contributed by atoms with Crippen LogP contribution >= 0.6 is 12.2 Å². The summed E-state index contributed by atoms with van der Waals surface area (Å²) in [4.78, 5) is 12.0. The summed E-state index contributed by atoms with van der Waals surface area (Å²) in [5.41, 5.74) is 1.67. The van der Waals surface area contributed by atoms with Gasteiger partial charge in [0, 0.05) is 11.8 Å². The number of hydrogen-bond donors (Lipinski definition) is 2. The van der Waals surface area contributed by atoms with Crippen LogP contribution in [-0.4, -0.2) is 24.2 Å². The molecular weight excluding hydrogens is 348 g/mol. The minimum absolute atomic E-state index is 0.232. The normalized spacial score (nSPS) is 10.4. The van der Waals surface area contributed by atoms with E-state index in [9.17, 15) is 4.79 Å². The summed E-state index contributed by atoms with van der Waals surface area (Å²) in [6.45, 7) is 5.10. The quantitative estimate of drug-likeness (QED) is 0.570. The molecule has 1 amide bonds. The van der Waals surface area contributed by atoms with E-state index in [2.05, 4.69) is 10.6 Å². The molecule has 26 heavy (non-hydrogen) atoms. The van der Waals surface area contributed by atoms with Gasteiger partial charge in [-0.2, -0.15) is 0 Å². The van der Waals surface area contributed by atoms with Crippen molar-refractivity contribution in [2.45, 2.75) is 13.8 Å². The molecule has 0 saturated carbocycles. The molecule has 0 radical (unpaired) electrons. The highest BCUT2D eigenvalue weighted by atomic mass is 32.1. The maximum atomic E-state index is 12.0. The molecule has 2 aromatic carbocycles. The van der Waals surface area contributed by atoms with Gasteiger partial charge in [-0.3, -0.25) is 10.1 Å². The fourth-order valence-electron chi connectivity index (χ4n) is 2.13. The molecule has 0 unspecified atom stereocenters. The predicted octanol–water partition coefficient (Wildman–Crippen LogP) is 4.01. The van der Waals surface area contributed by atoms with Gasteiger partial charge in [0.25, 0.3) is 0 Å². The SMILES string of the molecule is CCOc1ccc(/C=C/C(=O)NC(=S)Nc2ccc(OCC)cc2)cc1. The van der Waals surface area contributed by atoms with Crippen molar-refractivity contribution in [2.75, 3.05) is 18.5 Å². The highest BCUT2D eigenvalue weighted by molar-refractivity contribution is 7.80. The van der Waals surface area contributed by atoms with E-state index in [4.69, 9.17) is 21.7 Å². The van der Waals surface area contributed by atoms with E-state index in [1.807, 2.05) is 62.4 Å². The third kappa shape index (κ3) is 6.57. The highest BCUT2D eigenvalue weighted by Gasteiger charge is 2.02. The van der Waals surface area contributed by atoms with E-state index >= 15 is 0 Å². The lowest BCUT2D eigenvalue weighted by Crippen LogP contribution is -2.32. The number of carbonyl (C=O) groups excluding carboxylic acids is 1. The van der Waals surface area contributed by atoms with E-state index in [-0.39, 0.29) is 11.0 Å². The van der Waals surface area contributed by atoms with E-state index in [1.54, 1.807) is 6.08 Å². The van der Waals surface area contributed by atoms with Gasteiger partial charge in [-0.25, -0.2) is 0 Å². The van der Waals surface area contributed by atoms with Crippen LogP contribution < -0.4 is 20.1 Å². The van der Waals surface area contributed by atoms with Gasteiger partial charge < -0.3 is 14.8 Å². The molecule has 0 atom stereocenters. The largest absolute Gasteiger partial charge is 0.494 e. The Bertz CT molecular complexity index is 756. The molecule has 2 rings (SSSR count). The van der Waals surface area contributed by atoms with Gasteiger partial charge in [0.05, 0.1) is 13.2 Å². The third-order valence-electron chi connectivity index (χ3n) is 3.28. The Hall–Kier alpha value is -2.86. The third-order valence-corrected chi connectivity index (χ3v) is 3.48. The Morgan fingerprint density at radius 3 is 2.04 bits per heavy atom. The number of amides is 1. The summed E-state index contributed by atoms with van der Waals surface area (Å²) in [6.07, 6.45) is 3.15. The van der Waals surface area contributed by atoms with E-state index in [0.717, 1.165) is 22.7 Å². The fourth-order valence-corrected chi connectivity index (χ4v) is 2.35. The lowest BCUT2D eigenvalue weighted by Gasteiger charge is -2.09. The standard InChI is InChI=1S/C20H22N2O3S/c1-3-24-17-10-5-15(6-11-17)7-14-19(23)22-20(26)21-16-8-12-18(13-9-16)25-4-2/h5-14H,3-4H2,1-2H3,(H2,21,22,23,26)/b14-7+. The first kappa shape index (κ1) is 19.5. The molecule has 0 aromatic heterocycles. The van der Waals surface area contributed by atoms with Crippen LogP contribution in [-0.2, 0) is 4.79 Å². The number of nitrogens with one attached hydrogen (secondary N) is 2. The number of carbonyl (C=O) groups is 1. The topological polar surface area (TPSA) is 59.6 Å². The van der Waals surface area contributed by atoms with E-state index in [0.29, 0.717) is 13.2 Å². The molecule has 0 aliphatic heterocycles. The zero-order valence-electron chi connectivity index (χ0n) is 14.8. The van der Waals surface area contributed by atoms with Crippen molar-refractivity contribution in [1.82, 2.24) is 5.32 Å². The van der Waals surface area contributed by atoms with Crippen LogP contribution in [0.2, 0.25) is 0 Å². The van der Waals surface area contributed by atoms with Crippen molar-refractivity contribution in [3.63, 3.8) is 0 Å². The Morgan fingerprint density at radius 1 is 0.962 bits per heavy atom. The van der Waals surface area contributed by atoms with Crippen LogP contribution in [0.4, 0.5) is 5.69 Å². The Kier molecular flexibility index (Phi) is 7.64. The highest BCUT2D eigenvalue weighted by Crippen LogP contribution is 2.15.